The number of likely N-dealkylation sites (tertiary alicyclic amines) is 1. The van der Waals surface area contributed by atoms with E-state index in [0.29, 0.717) is 25.4 Å². The molecule has 3 unspecified atom stereocenters. The first-order valence-corrected chi connectivity index (χ1v) is 9.49. The average molecular weight is 380 g/mol. The number of hydrogen-bond donors (Lipinski definition) is 2. The zero-order chi connectivity index (χ0) is 17.6. The first-order valence-electron chi connectivity index (χ1n) is 9.49. The van der Waals surface area contributed by atoms with E-state index in [2.05, 4.69) is 5.32 Å². The van der Waals surface area contributed by atoms with E-state index in [1.807, 2.05) is 35.2 Å². The predicted octanol–water partition coefficient (Wildman–Crippen LogP) is 2.13. The highest BCUT2D eigenvalue weighted by Crippen LogP contribution is 2.26. The lowest BCUT2D eigenvalue weighted by atomic mass is 9.95. The second-order valence-corrected chi connectivity index (χ2v) is 7.38. The fraction of sp³-hybridized carbons (Fsp3) is 0.600. The van der Waals surface area contributed by atoms with Crippen molar-refractivity contribution in [3.8, 4) is 0 Å². The average Bonchev–Trinajstić information content (AvgIpc) is 3.09. The van der Waals surface area contributed by atoms with Crippen molar-refractivity contribution in [2.24, 2.45) is 17.6 Å². The van der Waals surface area contributed by atoms with E-state index >= 15 is 0 Å². The van der Waals surface area contributed by atoms with Gasteiger partial charge in [-0.3, -0.25) is 9.59 Å². The quantitative estimate of drug-likeness (QED) is 0.822. The maximum atomic E-state index is 12.7. The predicted molar refractivity (Wildman–Crippen MR) is 105 cm³/mol. The largest absolute Gasteiger partial charge is 0.353 e. The van der Waals surface area contributed by atoms with E-state index in [-0.39, 0.29) is 36.2 Å². The molecule has 144 valence electrons. The monoisotopic (exact) mass is 379 g/mol. The second kappa shape index (κ2) is 9.93. The first-order chi connectivity index (χ1) is 12.2. The van der Waals surface area contributed by atoms with Crippen molar-refractivity contribution in [3.63, 3.8) is 0 Å². The van der Waals surface area contributed by atoms with Gasteiger partial charge < -0.3 is 16.0 Å². The van der Waals surface area contributed by atoms with Crippen molar-refractivity contribution >= 4 is 24.2 Å². The zero-order valence-electron chi connectivity index (χ0n) is 15.2. The molecular formula is C20H30ClN3O2. The van der Waals surface area contributed by atoms with Gasteiger partial charge in [0.05, 0.1) is 12.3 Å². The molecule has 1 aliphatic heterocycles. The van der Waals surface area contributed by atoms with Crippen molar-refractivity contribution in [3.05, 3.63) is 35.9 Å². The summed E-state index contributed by atoms with van der Waals surface area (Å²) in [5.41, 5.74) is 6.83. The lowest BCUT2D eigenvalue weighted by Crippen LogP contribution is -2.49. The minimum Gasteiger partial charge on any atom is -0.353 e. The van der Waals surface area contributed by atoms with Gasteiger partial charge in [-0.05, 0) is 43.7 Å². The molecular weight excluding hydrogens is 350 g/mol. The number of hydrogen-bond acceptors (Lipinski definition) is 3. The molecule has 0 aromatic heterocycles. The van der Waals surface area contributed by atoms with Crippen molar-refractivity contribution in [2.45, 2.75) is 44.6 Å². The number of nitrogens with zero attached hydrogens (tertiary/aromatic N) is 1. The van der Waals surface area contributed by atoms with Crippen molar-refractivity contribution < 1.29 is 9.59 Å². The van der Waals surface area contributed by atoms with Crippen molar-refractivity contribution in [2.75, 3.05) is 19.6 Å². The molecule has 1 saturated heterocycles. The zero-order valence-corrected chi connectivity index (χ0v) is 16.0. The van der Waals surface area contributed by atoms with Crippen LogP contribution in [0.25, 0.3) is 0 Å². The molecule has 3 rings (SSSR count). The molecule has 0 radical (unpaired) electrons. The molecule has 3 N–H and O–H groups in total. The van der Waals surface area contributed by atoms with E-state index in [9.17, 15) is 9.59 Å². The number of piperidine rings is 1. The first kappa shape index (κ1) is 20.7. The molecule has 1 aliphatic carbocycles. The number of rotatable bonds is 5. The van der Waals surface area contributed by atoms with Crippen molar-refractivity contribution in [1.29, 1.82) is 0 Å². The third-order valence-electron chi connectivity index (χ3n) is 5.63. The number of nitrogens with two attached hydrogens (primary N) is 1. The number of halogens is 1. The van der Waals surface area contributed by atoms with Gasteiger partial charge in [-0.1, -0.05) is 36.8 Å². The summed E-state index contributed by atoms with van der Waals surface area (Å²) in [4.78, 5) is 27.1. The smallest absolute Gasteiger partial charge is 0.227 e. The summed E-state index contributed by atoms with van der Waals surface area (Å²) in [5, 5.41) is 3.20. The fourth-order valence-electron chi connectivity index (χ4n) is 4.11. The van der Waals surface area contributed by atoms with E-state index in [4.69, 9.17) is 5.73 Å². The minimum atomic E-state index is -0.0903. The van der Waals surface area contributed by atoms with Gasteiger partial charge in [0.25, 0.3) is 0 Å². The lowest BCUT2D eigenvalue weighted by molar-refractivity contribution is -0.135. The van der Waals surface area contributed by atoms with Crippen LogP contribution in [0.15, 0.2) is 30.3 Å². The van der Waals surface area contributed by atoms with Crippen LogP contribution < -0.4 is 11.1 Å². The van der Waals surface area contributed by atoms with Gasteiger partial charge in [-0.15, -0.1) is 12.4 Å². The molecule has 0 bridgehead atoms. The summed E-state index contributed by atoms with van der Waals surface area (Å²) in [6.07, 6.45) is 5.43. The summed E-state index contributed by atoms with van der Waals surface area (Å²) < 4.78 is 0. The summed E-state index contributed by atoms with van der Waals surface area (Å²) in [7, 11) is 0. The molecule has 26 heavy (non-hydrogen) atoms. The minimum absolute atomic E-state index is 0. The van der Waals surface area contributed by atoms with Crippen LogP contribution >= 0.6 is 12.4 Å². The molecule has 1 aromatic carbocycles. The van der Waals surface area contributed by atoms with Gasteiger partial charge in [0.15, 0.2) is 0 Å². The lowest BCUT2D eigenvalue weighted by Gasteiger charge is -2.33. The Kier molecular flexibility index (Phi) is 7.91. The molecule has 0 spiro atoms. The number of carbonyl (C=O) groups is 2. The number of nitrogens with one attached hydrogen (secondary N) is 1. The Morgan fingerprint density at radius 1 is 1.12 bits per heavy atom. The van der Waals surface area contributed by atoms with Crippen LogP contribution in [0.3, 0.4) is 0 Å². The standard InChI is InChI=1S/C20H29N3O2.ClH/c21-13-16-8-4-10-18(16)22-20(25)17-9-5-11-23(14-17)19(24)12-15-6-2-1-3-7-15;/h1-3,6-7,16-18H,4-5,8-14,21H2,(H,22,25);1H. The molecule has 2 amide bonds. The van der Waals surface area contributed by atoms with E-state index in [0.717, 1.165) is 44.2 Å². The number of carbonyl (C=O) groups excluding carboxylic acids is 2. The van der Waals surface area contributed by atoms with Gasteiger partial charge in [-0.2, -0.15) is 0 Å². The molecule has 1 saturated carbocycles. The van der Waals surface area contributed by atoms with Crippen LogP contribution in [0.2, 0.25) is 0 Å². The summed E-state index contributed by atoms with van der Waals surface area (Å²) >= 11 is 0. The van der Waals surface area contributed by atoms with Crippen LogP contribution in [0, 0.1) is 11.8 Å². The van der Waals surface area contributed by atoms with Crippen LogP contribution in [-0.2, 0) is 16.0 Å². The van der Waals surface area contributed by atoms with E-state index in [1.165, 1.54) is 0 Å². The van der Waals surface area contributed by atoms with Crippen LogP contribution in [0.1, 0.15) is 37.7 Å². The Hall–Kier alpha value is -1.59. The highest BCUT2D eigenvalue weighted by Gasteiger charge is 2.32. The van der Waals surface area contributed by atoms with Gasteiger partial charge >= 0.3 is 0 Å². The van der Waals surface area contributed by atoms with Gasteiger partial charge in [-0.25, -0.2) is 0 Å². The van der Waals surface area contributed by atoms with Crippen LogP contribution in [0.5, 0.6) is 0 Å². The molecule has 6 heteroatoms. The van der Waals surface area contributed by atoms with E-state index in [1.54, 1.807) is 0 Å². The van der Waals surface area contributed by atoms with Crippen LogP contribution in [0.4, 0.5) is 0 Å². The van der Waals surface area contributed by atoms with E-state index < -0.39 is 0 Å². The fourth-order valence-corrected chi connectivity index (χ4v) is 4.11. The topological polar surface area (TPSA) is 75.4 Å². The molecule has 3 atom stereocenters. The van der Waals surface area contributed by atoms with Crippen LogP contribution in [-0.4, -0.2) is 42.4 Å². The Bertz CT molecular complexity index is 596. The SMILES string of the molecule is Cl.NCC1CCCC1NC(=O)C1CCCN(C(=O)Cc2ccccc2)C1. The maximum absolute atomic E-state index is 12.7. The summed E-state index contributed by atoms with van der Waals surface area (Å²) in [5.74, 6) is 0.530. The second-order valence-electron chi connectivity index (χ2n) is 7.38. The Labute approximate surface area is 162 Å². The molecule has 2 fully saturated rings. The highest BCUT2D eigenvalue weighted by molar-refractivity contribution is 5.85. The molecule has 2 aliphatic rings. The summed E-state index contributed by atoms with van der Waals surface area (Å²) in [6.45, 7) is 1.93. The normalized spacial score (nSPS) is 25.4. The molecule has 1 aromatic rings. The highest BCUT2D eigenvalue weighted by atomic mass is 35.5. The maximum Gasteiger partial charge on any atom is 0.227 e. The third-order valence-corrected chi connectivity index (χ3v) is 5.63. The van der Waals surface area contributed by atoms with Gasteiger partial charge in [0.1, 0.15) is 0 Å². The Morgan fingerprint density at radius 2 is 1.88 bits per heavy atom. The van der Waals surface area contributed by atoms with Gasteiger partial charge in [0, 0.05) is 19.1 Å². The third kappa shape index (κ3) is 5.21. The molecule has 1 heterocycles. The van der Waals surface area contributed by atoms with Crippen molar-refractivity contribution in [1.82, 2.24) is 10.2 Å². The Morgan fingerprint density at radius 3 is 2.62 bits per heavy atom. The van der Waals surface area contributed by atoms with Gasteiger partial charge in [0.2, 0.25) is 11.8 Å². The molecule has 5 nitrogen and oxygen atoms in total. The number of amides is 2. The Balaban J connectivity index is 0.00000243. The number of benzene rings is 1. The summed E-state index contributed by atoms with van der Waals surface area (Å²) in [6, 6.07) is 10.0.